The Morgan fingerprint density at radius 1 is 1.13 bits per heavy atom. The molecule has 0 radical (unpaired) electrons. The number of aromatic nitrogens is 1. The number of ketones is 1. The highest BCUT2D eigenvalue weighted by Gasteiger charge is 2.48. The van der Waals surface area contributed by atoms with E-state index in [1.54, 1.807) is 30.3 Å². The van der Waals surface area contributed by atoms with Crippen LogP contribution in [0.4, 0.5) is 10.8 Å². The summed E-state index contributed by atoms with van der Waals surface area (Å²) in [6, 6.07) is 16.8. The van der Waals surface area contributed by atoms with Gasteiger partial charge >= 0.3 is 5.91 Å². The number of thiazole rings is 1. The van der Waals surface area contributed by atoms with Gasteiger partial charge in [0.2, 0.25) is 0 Å². The van der Waals surface area contributed by atoms with Gasteiger partial charge in [0.25, 0.3) is 11.5 Å². The van der Waals surface area contributed by atoms with Crippen LogP contribution in [-0.4, -0.2) is 33.3 Å². The van der Waals surface area contributed by atoms with Crippen LogP contribution >= 0.6 is 11.3 Å². The van der Waals surface area contributed by atoms with Gasteiger partial charge in [0.15, 0.2) is 5.13 Å². The number of aliphatic hydroxyl groups excluding tert-OH is 1. The van der Waals surface area contributed by atoms with Gasteiger partial charge in [-0.1, -0.05) is 48.6 Å². The van der Waals surface area contributed by atoms with Gasteiger partial charge in [-0.3, -0.25) is 24.6 Å². The number of hydrogen-bond donors (Lipinski definition) is 1. The number of amides is 1. The van der Waals surface area contributed by atoms with Crippen molar-refractivity contribution in [3.05, 3.63) is 99.1 Å². The quantitative estimate of drug-likeness (QED) is 0.103. The minimum atomic E-state index is -1.13. The number of carbonyl (C=O) groups is 2. The lowest BCUT2D eigenvalue weighted by Gasteiger charge is -2.22. The molecule has 10 heteroatoms. The molecule has 0 bridgehead atoms. The number of fused-ring (bicyclic) bond motifs is 1. The first-order valence-corrected chi connectivity index (χ1v) is 12.8. The molecule has 1 aromatic heterocycles. The van der Waals surface area contributed by atoms with Gasteiger partial charge < -0.3 is 9.84 Å². The molecule has 1 atom stereocenters. The van der Waals surface area contributed by atoms with Crippen LogP contribution in [0.1, 0.15) is 36.1 Å². The Hall–Kier alpha value is -4.57. The van der Waals surface area contributed by atoms with Crippen LogP contribution in [0.15, 0.2) is 72.3 Å². The lowest BCUT2D eigenvalue weighted by molar-refractivity contribution is -0.384. The minimum absolute atomic E-state index is 0.182. The van der Waals surface area contributed by atoms with E-state index in [1.165, 1.54) is 34.4 Å². The molecule has 4 aromatic rings. The highest BCUT2D eigenvalue weighted by Crippen LogP contribution is 2.45. The number of hydrogen-bond acceptors (Lipinski definition) is 8. The second kappa shape index (κ2) is 10.1. The maximum absolute atomic E-state index is 13.4. The van der Waals surface area contributed by atoms with Crippen molar-refractivity contribution in [2.75, 3.05) is 11.5 Å². The fourth-order valence-corrected chi connectivity index (χ4v) is 5.48. The number of anilines is 1. The van der Waals surface area contributed by atoms with Gasteiger partial charge in [-0.15, -0.1) is 0 Å². The van der Waals surface area contributed by atoms with E-state index in [-0.39, 0.29) is 22.0 Å². The lowest BCUT2D eigenvalue weighted by atomic mass is 9.95. The number of nitrogens with zero attached hydrogens (tertiary/aromatic N) is 3. The summed E-state index contributed by atoms with van der Waals surface area (Å²) < 4.78 is 6.48. The van der Waals surface area contributed by atoms with E-state index in [2.05, 4.69) is 4.98 Å². The molecule has 1 unspecified atom stereocenters. The number of aliphatic hydroxyl groups is 1. The highest BCUT2D eigenvalue weighted by molar-refractivity contribution is 7.22. The number of benzene rings is 3. The Morgan fingerprint density at radius 2 is 1.92 bits per heavy atom. The number of carbonyl (C=O) groups excluding carboxylic acids is 2. The third-order valence-electron chi connectivity index (χ3n) is 6.16. The molecule has 0 saturated carbocycles. The molecule has 1 aliphatic rings. The molecule has 3 aromatic carbocycles. The zero-order valence-corrected chi connectivity index (χ0v) is 21.4. The Morgan fingerprint density at radius 3 is 2.68 bits per heavy atom. The van der Waals surface area contributed by atoms with E-state index in [0.29, 0.717) is 23.4 Å². The molecule has 192 valence electrons. The van der Waals surface area contributed by atoms with Gasteiger partial charge in [-0.2, -0.15) is 0 Å². The summed E-state index contributed by atoms with van der Waals surface area (Å²) in [5.41, 5.74) is 1.86. The van der Waals surface area contributed by atoms with Crippen molar-refractivity contribution < 1.29 is 24.4 Å². The monoisotopic (exact) mass is 529 g/mol. The fourth-order valence-electron chi connectivity index (χ4n) is 4.38. The SMILES string of the molecule is CCCOc1cccc(/C(O)=C2\C(=O)C(=O)N(c3nc4ccc(C)cc4s3)C2c2cccc([N+](=O)[O-])c2)c1. The predicted molar refractivity (Wildman–Crippen MR) is 144 cm³/mol. The van der Waals surface area contributed by atoms with E-state index in [9.17, 15) is 24.8 Å². The molecule has 2 heterocycles. The van der Waals surface area contributed by atoms with Gasteiger partial charge in [0.1, 0.15) is 11.5 Å². The summed E-state index contributed by atoms with van der Waals surface area (Å²) in [7, 11) is 0. The summed E-state index contributed by atoms with van der Waals surface area (Å²) in [4.78, 5) is 43.7. The molecule has 1 saturated heterocycles. The average Bonchev–Trinajstić information content (AvgIpc) is 3.44. The maximum Gasteiger partial charge on any atom is 0.301 e. The minimum Gasteiger partial charge on any atom is -0.507 e. The first-order valence-electron chi connectivity index (χ1n) is 11.9. The molecule has 0 spiro atoms. The Bertz CT molecular complexity index is 1630. The molecule has 1 aliphatic heterocycles. The van der Waals surface area contributed by atoms with E-state index in [4.69, 9.17) is 4.74 Å². The van der Waals surface area contributed by atoms with Crippen LogP contribution < -0.4 is 9.64 Å². The van der Waals surface area contributed by atoms with E-state index < -0.39 is 28.4 Å². The van der Waals surface area contributed by atoms with Crippen LogP contribution in [-0.2, 0) is 9.59 Å². The van der Waals surface area contributed by atoms with Crippen LogP contribution in [0, 0.1) is 17.0 Å². The first-order chi connectivity index (χ1) is 18.3. The van der Waals surface area contributed by atoms with Crippen LogP contribution in [0.5, 0.6) is 5.75 Å². The van der Waals surface area contributed by atoms with Crippen molar-refractivity contribution in [2.24, 2.45) is 0 Å². The van der Waals surface area contributed by atoms with Crippen molar-refractivity contribution in [3.8, 4) is 5.75 Å². The second-order valence-corrected chi connectivity index (χ2v) is 9.87. The summed E-state index contributed by atoms with van der Waals surface area (Å²) in [5.74, 6) is -1.69. The summed E-state index contributed by atoms with van der Waals surface area (Å²) >= 11 is 1.23. The topological polar surface area (TPSA) is 123 Å². The Kier molecular flexibility index (Phi) is 6.64. The highest BCUT2D eigenvalue weighted by atomic mass is 32.1. The van der Waals surface area contributed by atoms with E-state index >= 15 is 0 Å². The number of ether oxygens (including phenoxy) is 1. The van der Waals surface area contributed by atoms with Gasteiger partial charge in [0.05, 0.1) is 33.4 Å². The van der Waals surface area contributed by atoms with Gasteiger partial charge in [-0.25, -0.2) is 4.98 Å². The molecule has 38 heavy (non-hydrogen) atoms. The predicted octanol–water partition coefficient (Wildman–Crippen LogP) is 5.93. The Balaban J connectivity index is 1.71. The zero-order chi connectivity index (χ0) is 27.0. The molecular weight excluding hydrogens is 506 g/mol. The number of rotatable bonds is 7. The van der Waals surface area contributed by atoms with E-state index in [0.717, 1.165) is 16.7 Å². The zero-order valence-electron chi connectivity index (χ0n) is 20.6. The smallest absolute Gasteiger partial charge is 0.301 e. The van der Waals surface area contributed by atoms with Crippen molar-refractivity contribution >= 4 is 49.8 Å². The number of aryl methyl sites for hydroxylation is 1. The summed E-state index contributed by atoms with van der Waals surface area (Å²) in [6.07, 6.45) is 0.787. The maximum atomic E-state index is 13.4. The molecule has 0 aliphatic carbocycles. The number of nitro groups is 1. The molecule has 1 amide bonds. The lowest BCUT2D eigenvalue weighted by Crippen LogP contribution is -2.29. The van der Waals surface area contributed by atoms with Crippen molar-refractivity contribution in [2.45, 2.75) is 26.3 Å². The van der Waals surface area contributed by atoms with Crippen molar-refractivity contribution in [1.82, 2.24) is 4.98 Å². The van der Waals surface area contributed by atoms with Crippen LogP contribution in [0.2, 0.25) is 0 Å². The molecule has 5 rings (SSSR count). The van der Waals surface area contributed by atoms with Crippen LogP contribution in [0.25, 0.3) is 16.0 Å². The number of non-ortho nitro benzene ring substituents is 1. The van der Waals surface area contributed by atoms with Gasteiger partial charge in [0, 0.05) is 17.7 Å². The van der Waals surface area contributed by atoms with Crippen molar-refractivity contribution in [1.29, 1.82) is 0 Å². The average molecular weight is 530 g/mol. The Labute approximate surface area is 221 Å². The van der Waals surface area contributed by atoms with Gasteiger partial charge in [-0.05, 0) is 48.7 Å². The standard InChI is InChI=1S/C28H23N3O6S/c1-3-12-37-20-9-5-7-18(15-20)25(32)23-24(17-6-4-8-19(14-17)31(35)36)30(27(34)26(23)33)28-29-21-11-10-16(2)13-22(21)38-28/h4-11,13-15,24,32H,3,12H2,1-2H3/b25-23+. The summed E-state index contributed by atoms with van der Waals surface area (Å²) in [5, 5.41) is 23.2. The normalized spacial score (nSPS) is 16.8. The van der Waals surface area contributed by atoms with Crippen molar-refractivity contribution in [3.63, 3.8) is 0 Å². The number of Topliss-reactive ketones (excluding diaryl/α,β-unsaturated/α-hetero) is 1. The second-order valence-electron chi connectivity index (χ2n) is 8.87. The molecule has 1 fully saturated rings. The largest absolute Gasteiger partial charge is 0.507 e. The van der Waals surface area contributed by atoms with E-state index in [1.807, 2.05) is 32.0 Å². The molecule has 1 N–H and O–H groups in total. The third-order valence-corrected chi connectivity index (χ3v) is 7.18. The first kappa shape index (κ1) is 25.1. The third kappa shape index (κ3) is 4.50. The fraction of sp³-hybridized carbons (Fsp3) is 0.179. The molecular formula is C28H23N3O6S. The number of nitro benzene ring substituents is 1. The summed E-state index contributed by atoms with van der Waals surface area (Å²) in [6.45, 7) is 4.37. The van der Waals surface area contributed by atoms with Crippen LogP contribution in [0.3, 0.4) is 0 Å². The molecule has 9 nitrogen and oxygen atoms in total.